The van der Waals surface area contributed by atoms with E-state index in [0.29, 0.717) is 12.5 Å². The molecule has 0 fully saturated rings. The maximum Gasteiger partial charge on any atom is 0.370 e. The molecule has 0 amide bonds. The van der Waals surface area contributed by atoms with Crippen LogP contribution in [0.25, 0.3) is 0 Å². The van der Waals surface area contributed by atoms with Crippen LogP contribution in [-0.4, -0.2) is 17.7 Å². The maximum absolute atomic E-state index is 10.1. The van der Waals surface area contributed by atoms with Crippen molar-refractivity contribution < 1.29 is 14.6 Å². The number of aliphatic carboxylic acids is 1. The quantitative estimate of drug-likeness (QED) is 0.477. The first-order valence-electron chi connectivity index (χ1n) is 3.09. The lowest BCUT2D eigenvalue weighted by Gasteiger charge is -2.06. The largest absolute Gasteiger partial charge is 0.487 e. The average Bonchev–Trinajstić information content (AvgIpc) is 1.82. The lowest BCUT2D eigenvalue weighted by atomic mass is 10.2. The number of carboxylic acids is 1. The topological polar surface area (TPSA) is 46.5 Å². The van der Waals surface area contributed by atoms with Crippen molar-refractivity contribution in [2.45, 2.75) is 13.8 Å². The van der Waals surface area contributed by atoms with Crippen LogP contribution in [0, 0.1) is 5.92 Å². The molecular formula is C7H12O3. The summed E-state index contributed by atoms with van der Waals surface area (Å²) in [5.41, 5.74) is 0. The second-order valence-corrected chi connectivity index (χ2v) is 2.43. The minimum atomic E-state index is -1.10. The van der Waals surface area contributed by atoms with Crippen LogP contribution in [0.4, 0.5) is 0 Å². The first-order valence-corrected chi connectivity index (χ1v) is 3.09. The van der Waals surface area contributed by atoms with Crippen molar-refractivity contribution in [1.82, 2.24) is 0 Å². The van der Waals surface area contributed by atoms with E-state index in [2.05, 4.69) is 6.58 Å². The summed E-state index contributed by atoms with van der Waals surface area (Å²) in [4.78, 5) is 10.1. The number of hydrogen-bond donors (Lipinski definition) is 1. The Morgan fingerprint density at radius 2 is 2.20 bits per heavy atom. The molecule has 0 aliphatic carbocycles. The molecule has 0 saturated heterocycles. The van der Waals surface area contributed by atoms with Crippen molar-refractivity contribution >= 4 is 5.97 Å². The predicted molar refractivity (Wildman–Crippen MR) is 37.6 cm³/mol. The highest BCUT2D eigenvalue weighted by Gasteiger charge is 2.04. The van der Waals surface area contributed by atoms with E-state index in [0.717, 1.165) is 0 Å². The Labute approximate surface area is 60.3 Å². The summed E-state index contributed by atoms with van der Waals surface area (Å²) in [6.45, 7) is 7.49. The molecule has 0 spiro atoms. The molecule has 0 rings (SSSR count). The Hall–Kier alpha value is -0.990. The Balaban J connectivity index is 3.50. The molecule has 0 unspecified atom stereocenters. The molecule has 3 nitrogen and oxygen atoms in total. The van der Waals surface area contributed by atoms with Crippen molar-refractivity contribution in [2.75, 3.05) is 6.61 Å². The summed E-state index contributed by atoms with van der Waals surface area (Å²) in [7, 11) is 0. The molecule has 0 radical (unpaired) electrons. The van der Waals surface area contributed by atoms with Gasteiger partial charge < -0.3 is 9.84 Å². The highest BCUT2D eigenvalue weighted by Crippen LogP contribution is 1.98. The van der Waals surface area contributed by atoms with Crippen LogP contribution in [0.5, 0.6) is 0 Å². The highest BCUT2D eigenvalue weighted by atomic mass is 16.5. The molecule has 0 atom stereocenters. The third-order valence-corrected chi connectivity index (χ3v) is 0.829. The molecular weight excluding hydrogens is 132 g/mol. The van der Waals surface area contributed by atoms with Gasteiger partial charge >= 0.3 is 5.97 Å². The molecule has 0 aromatic carbocycles. The molecule has 0 bridgehead atoms. The highest BCUT2D eigenvalue weighted by molar-refractivity contribution is 5.83. The number of carbonyl (C=O) groups is 1. The molecule has 0 heterocycles. The number of ether oxygens (including phenoxy) is 1. The summed E-state index contributed by atoms with van der Waals surface area (Å²) in [6, 6.07) is 0. The molecule has 58 valence electrons. The van der Waals surface area contributed by atoms with Crippen molar-refractivity contribution in [2.24, 2.45) is 5.92 Å². The van der Waals surface area contributed by atoms with Crippen molar-refractivity contribution in [1.29, 1.82) is 0 Å². The Bertz CT molecular complexity index is 138. The second-order valence-electron chi connectivity index (χ2n) is 2.43. The summed E-state index contributed by atoms with van der Waals surface area (Å²) in [5, 5.41) is 8.27. The first kappa shape index (κ1) is 9.01. The van der Waals surface area contributed by atoms with E-state index in [1.165, 1.54) is 0 Å². The van der Waals surface area contributed by atoms with Gasteiger partial charge in [0.2, 0.25) is 0 Å². The van der Waals surface area contributed by atoms with Gasteiger partial charge in [-0.05, 0) is 12.5 Å². The summed E-state index contributed by atoms with van der Waals surface area (Å²) >= 11 is 0. The van der Waals surface area contributed by atoms with Gasteiger partial charge in [-0.3, -0.25) is 0 Å². The minimum absolute atomic E-state index is 0.186. The Kier molecular flexibility index (Phi) is 3.54. The average molecular weight is 144 g/mol. The fourth-order valence-corrected chi connectivity index (χ4v) is 0.329. The lowest BCUT2D eigenvalue weighted by Crippen LogP contribution is -2.07. The molecule has 1 N–H and O–H groups in total. The van der Waals surface area contributed by atoms with E-state index in [4.69, 9.17) is 9.84 Å². The maximum atomic E-state index is 10.1. The van der Waals surface area contributed by atoms with Crippen LogP contribution < -0.4 is 0 Å². The zero-order valence-electron chi connectivity index (χ0n) is 6.26. The summed E-state index contributed by atoms with van der Waals surface area (Å²) in [6.07, 6.45) is 0. The standard InChI is InChI=1S/C7H12O3/c1-5(2)4-10-6(3)7(8)9/h5H,3-4H2,1-2H3,(H,8,9). The molecule has 0 aromatic heterocycles. The minimum Gasteiger partial charge on any atom is -0.487 e. The molecule has 0 aliphatic rings. The molecule has 0 saturated carbocycles. The van der Waals surface area contributed by atoms with Crippen molar-refractivity contribution in [3.05, 3.63) is 12.3 Å². The van der Waals surface area contributed by atoms with Gasteiger partial charge in [-0.25, -0.2) is 4.79 Å². The van der Waals surface area contributed by atoms with Crippen LogP contribution in [0.2, 0.25) is 0 Å². The van der Waals surface area contributed by atoms with Gasteiger partial charge in [0.25, 0.3) is 0 Å². The van der Waals surface area contributed by atoms with Gasteiger partial charge in [-0.15, -0.1) is 0 Å². The van der Waals surface area contributed by atoms with E-state index < -0.39 is 5.97 Å². The van der Waals surface area contributed by atoms with E-state index in [1.807, 2.05) is 13.8 Å². The van der Waals surface area contributed by atoms with Gasteiger partial charge in [0.05, 0.1) is 6.61 Å². The van der Waals surface area contributed by atoms with Crippen molar-refractivity contribution in [3.8, 4) is 0 Å². The van der Waals surface area contributed by atoms with Crippen LogP contribution in [0.15, 0.2) is 12.3 Å². The summed E-state index contributed by atoms with van der Waals surface area (Å²) in [5.74, 6) is -0.953. The lowest BCUT2D eigenvalue weighted by molar-refractivity contribution is -0.136. The molecule has 0 aromatic rings. The van der Waals surface area contributed by atoms with Crippen molar-refractivity contribution in [3.63, 3.8) is 0 Å². The van der Waals surface area contributed by atoms with Gasteiger partial charge in [0.1, 0.15) is 0 Å². The van der Waals surface area contributed by atoms with Crippen LogP contribution in [0.3, 0.4) is 0 Å². The third kappa shape index (κ3) is 3.95. The van der Waals surface area contributed by atoms with Gasteiger partial charge in [-0.2, -0.15) is 0 Å². The zero-order valence-corrected chi connectivity index (χ0v) is 6.26. The van der Waals surface area contributed by atoms with Crippen LogP contribution >= 0.6 is 0 Å². The number of carboxylic acid groups (broad SMARTS) is 1. The molecule has 3 heteroatoms. The fraction of sp³-hybridized carbons (Fsp3) is 0.571. The SMILES string of the molecule is C=C(OCC(C)C)C(=O)O. The number of rotatable bonds is 4. The first-order chi connectivity index (χ1) is 4.54. The van der Waals surface area contributed by atoms with Gasteiger partial charge in [0.15, 0.2) is 5.76 Å². The van der Waals surface area contributed by atoms with Crippen LogP contribution in [-0.2, 0) is 9.53 Å². The predicted octanol–water partition coefficient (Wildman–Crippen LogP) is 1.26. The normalized spacial score (nSPS) is 9.50. The monoisotopic (exact) mass is 144 g/mol. The Morgan fingerprint density at radius 3 is 2.50 bits per heavy atom. The van der Waals surface area contributed by atoms with E-state index in [-0.39, 0.29) is 5.76 Å². The van der Waals surface area contributed by atoms with E-state index in [1.54, 1.807) is 0 Å². The smallest absolute Gasteiger partial charge is 0.370 e. The van der Waals surface area contributed by atoms with Crippen LogP contribution in [0.1, 0.15) is 13.8 Å². The second kappa shape index (κ2) is 3.93. The summed E-state index contributed by atoms with van der Waals surface area (Å²) < 4.78 is 4.77. The molecule has 10 heavy (non-hydrogen) atoms. The van der Waals surface area contributed by atoms with Gasteiger partial charge in [-0.1, -0.05) is 13.8 Å². The fourth-order valence-electron chi connectivity index (χ4n) is 0.329. The van der Waals surface area contributed by atoms with E-state index >= 15 is 0 Å². The number of hydrogen-bond acceptors (Lipinski definition) is 2. The van der Waals surface area contributed by atoms with E-state index in [9.17, 15) is 4.79 Å². The Morgan fingerprint density at radius 1 is 1.70 bits per heavy atom. The zero-order chi connectivity index (χ0) is 8.15. The molecule has 0 aliphatic heterocycles. The van der Waals surface area contributed by atoms with Gasteiger partial charge in [0, 0.05) is 0 Å². The third-order valence-electron chi connectivity index (χ3n) is 0.829.